The van der Waals surface area contributed by atoms with Crippen LogP contribution in [0.1, 0.15) is 29.2 Å². The number of methoxy groups -OCH3 is 1. The molecule has 6 heteroatoms. The first-order valence-corrected chi connectivity index (χ1v) is 11.7. The van der Waals surface area contributed by atoms with Crippen LogP contribution in [0.15, 0.2) is 90.0 Å². The van der Waals surface area contributed by atoms with E-state index in [0.717, 1.165) is 44.0 Å². The standard InChI is InChI=1S/C28H32N4O2/c1-34-26-14-12-23(13-15-26)22-29-30-27(33)16-17-31-18-20-32(21-19-31)28(24-8-4-2-5-9-24)25-10-6-3-7-11-25/h2-15,22,28H,16-21H2,1H3,(H,30,33)/b29-22-. The highest BCUT2D eigenvalue weighted by molar-refractivity contribution is 5.82. The van der Waals surface area contributed by atoms with Crippen molar-refractivity contribution in [1.82, 2.24) is 15.2 Å². The van der Waals surface area contributed by atoms with Crippen molar-refractivity contribution in [2.75, 3.05) is 39.8 Å². The lowest BCUT2D eigenvalue weighted by atomic mass is 9.96. The van der Waals surface area contributed by atoms with Crippen LogP contribution in [-0.2, 0) is 4.79 Å². The fourth-order valence-corrected chi connectivity index (χ4v) is 4.31. The third-order valence-electron chi connectivity index (χ3n) is 6.18. The number of nitrogens with one attached hydrogen (secondary N) is 1. The van der Waals surface area contributed by atoms with Crippen molar-refractivity contribution in [3.05, 3.63) is 102 Å². The zero-order valence-electron chi connectivity index (χ0n) is 19.6. The van der Waals surface area contributed by atoms with E-state index in [1.165, 1.54) is 11.1 Å². The Morgan fingerprint density at radius 1 is 0.912 bits per heavy atom. The highest BCUT2D eigenvalue weighted by Gasteiger charge is 2.26. The van der Waals surface area contributed by atoms with Crippen molar-refractivity contribution in [3.8, 4) is 5.75 Å². The van der Waals surface area contributed by atoms with Crippen molar-refractivity contribution >= 4 is 12.1 Å². The van der Waals surface area contributed by atoms with Crippen molar-refractivity contribution in [3.63, 3.8) is 0 Å². The minimum atomic E-state index is -0.0707. The Morgan fingerprint density at radius 2 is 1.50 bits per heavy atom. The second-order valence-corrected chi connectivity index (χ2v) is 8.42. The fourth-order valence-electron chi connectivity index (χ4n) is 4.31. The second kappa shape index (κ2) is 12.1. The summed E-state index contributed by atoms with van der Waals surface area (Å²) in [7, 11) is 1.63. The first kappa shape index (κ1) is 23.7. The monoisotopic (exact) mass is 456 g/mol. The zero-order valence-corrected chi connectivity index (χ0v) is 19.6. The molecule has 0 spiro atoms. The molecule has 1 fully saturated rings. The molecule has 0 aromatic heterocycles. The third kappa shape index (κ3) is 6.53. The van der Waals surface area contributed by atoms with Gasteiger partial charge in [0.15, 0.2) is 0 Å². The van der Waals surface area contributed by atoms with Crippen LogP contribution in [0.25, 0.3) is 0 Å². The van der Waals surface area contributed by atoms with E-state index >= 15 is 0 Å². The minimum absolute atomic E-state index is 0.0707. The Hall–Kier alpha value is -3.48. The molecule has 3 aromatic rings. The van der Waals surface area contributed by atoms with Gasteiger partial charge in [-0.15, -0.1) is 0 Å². The van der Waals surface area contributed by atoms with Gasteiger partial charge in [0.1, 0.15) is 5.75 Å². The van der Waals surface area contributed by atoms with Gasteiger partial charge in [-0.1, -0.05) is 60.7 Å². The third-order valence-corrected chi connectivity index (χ3v) is 6.18. The molecule has 0 bridgehead atoms. The lowest BCUT2D eigenvalue weighted by molar-refractivity contribution is -0.121. The number of nitrogens with zero attached hydrogens (tertiary/aromatic N) is 3. The normalized spacial score (nSPS) is 15.0. The van der Waals surface area contributed by atoms with E-state index in [2.05, 4.69) is 81.0 Å². The number of hydrogen-bond donors (Lipinski definition) is 1. The molecule has 1 N–H and O–H groups in total. The largest absolute Gasteiger partial charge is 0.497 e. The Labute approximate surface area is 201 Å². The Kier molecular flexibility index (Phi) is 8.43. The molecule has 0 unspecified atom stereocenters. The first-order valence-electron chi connectivity index (χ1n) is 11.7. The van der Waals surface area contributed by atoms with Crippen LogP contribution in [-0.4, -0.2) is 61.8 Å². The number of hydrazone groups is 1. The van der Waals surface area contributed by atoms with E-state index in [1.807, 2.05) is 24.3 Å². The van der Waals surface area contributed by atoms with E-state index in [0.29, 0.717) is 6.42 Å². The summed E-state index contributed by atoms with van der Waals surface area (Å²) in [4.78, 5) is 17.1. The zero-order chi connectivity index (χ0) is 23.6. The van der Waals surface area contributed by atoms with Gasteiger partial charge in [0.25, 0.3) is 0 Å². The lowest BCUT2D eigenvalue weighted by Crippen LogP contribution is -2.48. The van der Waals surface area contributed by atoms with Crippen LogP contribution >= 0.6 is 0 Å². The van der Waals surface area contributed by atoms with Gasteiger partial charge in [-0.3, -0.25) is 9.69 Å². The van der Waals surface area contributed by atoms with Gasteiger partial charge in [-0.25, -0.2) is 5.43 Å². The summed E-state index contributed by atoms with van der Waals surface area (Å²) in [5, 5.41) is 4.07. The Bertz CT molecular complexity index is 1010. The molecular formula is C28H32N4O2. The molecule has 176 valence electrons. The number of carbonyl (C=O) groups is 1. The summed E-state index contributed by atoms with van der Waals surface area (Å²) in [5.41, 5.74) is 6.17. The van der Waals surface area contributed by atoms with Crippen molar-refractivity contribution in [2.24, 2.45) is 5.10 Å². The molecule has 1 aliphatic rings. The van der Waals surface area contributed by atoms with E-state index in [4.69, 9.17) is 4.74 Å². The SMILES string of the molecule is COc1ccc(/C=N\NC(=O)CCN2CCN(C(c3ccccc3)c3ccccc3)CC2)cc1. The molecule has 1 saturated heterocycles. The average molecular weight is 457 g/mol. The fraction of sp³-hybridized carbons (Fsp3) is 0.286. The van der Waals surface area contributed by atoms with E-state index in [-0.39, 0.29) is 11.9 Å². The molecule has 0 aliphatic carbocycles. The van der Waals surface area contributed by atoms with Gasteiger partial charge in [-0.2, -0.15) is 5.10 Å². The smallest absolute Gasteiger partial charge is 0.241 e. The Balaban J connectivity index is 1.25. The summed E-state index contributed by atoms with van der Waals surface area (Å²) in [5.74, 6) is 0.721. The molecule has 1 amide bonds. The van der Waals surface area contributed by atoms with Crippen molar-refractivity contribution in [2.45, 2.75) is 12.5 Å². The molecule has 1 aliphatic heterocycles. The highest BCUT2D eigenvalue weighted by Crippen LogP contribution is 2.29. The molecule has 34 heavy (non-hydrogen) atoms. The van der Waals surface area contributed by atoms with Gasteiger partial charge in [0, 0.05) is 39.1 Å². The topological polar surface area (TPSA) is 57.2 Å². The summed E-state index contributed by atoms with van der Waals surface area (Å²) in [6, 6.07) is 29.2. The maximum atomic E-state index is 12.2. The number of amides is 1. The van der Waals surface area contributed by atoms with E-state index in [1.54, 1.807) is 13.3 Å². The number of benzene rings is 3. The van der Waals surface area contributed by atoms with Gasteiger partial charge < -0.3 is 9.64 Å². The van der Waals surface area contributed by atoms with Gasteiger partial charge in [-0.05, 0) is 41.0 Å². The molecular weight excluding hydrogens is 424 g/mol. The summed E-state index contributed by atoms with van der Waals surface area (Å²) in [6.45, 7) is 4.55. The van der Waals surface area contributed by atoms with Crippen LogP contribution in [0.3, 0.4) is 0 Å². The molecule has 4 rings (SSSR count). The van der Waals surface area contributed by atoms with Crippen molar-refractivity contribution in [1.29, 1.82) is 0 Å². The van der Waals surface area contributed by atoms with Crippen LogP contribution in [0, 0.1) is 0 Å². The number of piperazine rings is 1. The molecule has 3 aromatic carbocycles. The first-order chi connectivity index (χ1) is 16.7. The highest BCUT2D eigenvalue weighted by atomic mass is 16.5. The second-order valence-electron chi connectivity index (χ2n) is 8.42. The maximum absolute atomic E-state index is 12.2. The van der Waals surface area contributed by atoms with Gasteiger partial charge >= 0.3 is 0 Å². The number of rotatable bonds is 9. The average Bonchev–Trinajstić information content (AvgIpc) is 2.90. The van der Waals surface area contributed by atoms with Crippen LogP contribution in [0.2, 0.25) is 0 Å². The number of carbonyl (C=O) groups excluding carboxylic acids is 1. The van der Waals surface area contributed by atoms with Gasteiger partial charge in [0.05, 0.1) is 19.4 Å². The molecule has 1 heterocycles. The molecule has 0 atom stereocenters. The van der Waals surface area contributed by atoms with Gasteiger partial charge in [0.2, 0.25) is 5.91 Å². The maximum Gasteiger partial charge on any atom is 0.241 e. The van der Waals surface area contributed by atoms with Crippen LogP contribution in [0.4, 0.5) is 0 Å². The number of hydrogen-bond acceptors (Lipinski definition) is 5. The van der Waals surface area contributed by atoms with Crippen molar-refractivity contribution < 1.29 is 9.53 Å². The van der Waals surface area contributed by atoms with Crippen LogP contribution in [0.5, 0.6) is 5.75 Å². The minimum Gasteiger partial charge on any atom is -0.497 e. The summed E-state index contributed by atoms with van der Waals surface area (Å²) >= 11 is 0. The lowest BCUT2D eigenvalue weighted by Gasteiger charge is -2.39. The predicted octanol–water partition coefficient (Wildman–Crippen LogP) is 3.94. The molecule has 0 radical (unpaired) electrons. The molecule has 0 saturated carbocycles. The predicted molar refractivity (Wildman–Crippen MR) is 136 cm³/mol. The summed E-state index contributed by atoms with van der Waals surface area (Å²) < 4.78 is 5.14. The Morgan fingerprint density at radius 3 is 2.06 bits per heavy atom. The number of ether oxygens (including phenoxy) is 1. The quantitative estimate of drug-likeness (QED) is 0.391. The molecule has 6 nitrogen and oxygen atoms in total. The van der Waals surface area contributed by atoms with E-state index < -0.39 is 0 Å². The summed E-state index contributed by atoms with van der Waals surface area (Å²) in [6.07, 6.45) is 2.07. The van der Waals surface area contributed by atoms with Crippen LogP contribution < -0.4 is 10.2 Å². The van der Waals surface area contributed by atoms with E-state index in [9.17, 15) is 4.79 Å².